The van der Waals surface area contributed by atoms with Crippen molar-refractivity contribution in [2.75, 3.05) is 0 Å². The fourth-order valence-electron chi connectivity index (χ4n) is 1.76. The standard InChI is InChI=1S/C13H8ClNS/c14-10-5-9(6-15-7-10)12-8-16-13-4-2-1-3-11(12)13/h1-8H. The third kappa shape index (κ3) is 1.60. The predicted octanol–water partition coefficient (Wildman–Crippen LogP) is 4.62. The zero-order valence-corrected chi connectivity index (χ0v) is 9.92. The van der Waals surface area contributed by atoms with E-state index in [4.69, 9.17) is 11.6 Å². The van der Waals surface area contributed by atoms with Crippen LogP contribution in [0, 0.1) is 0 Å². The summed E-state index contributed by atoms with van der Waals surface area (Å²) in [7, 11) is 0. The molecule has 0 radical (unpaired) electrons. The molecule has 2 aromatic heterocycles. The Hall–Kier alpha value is -1.38. The van der Waals surface area contributed by atoms with Gasteiger partial charge in [-0.2, -0.15) is 0 Å². The minimum atomic E-state index is 0.674. The van der Waals surface area contributed by atoms with E-state index < -0.39 is 0 Å². The Morgan fingerprint density at radius 3 is 2.88 bits per heavy atom. The highest BCUT2D eigenvalue weighted by Gasteiger charge is 2.06. The fourth-order valence-corrected chi connectivity index (χ4v) is 2.90. The van der Waals surface area contributed by atoms with Crippen LogP contribution in [0.25, 0.3) is 21.2 Å². The van der Waals surface area contributed by atoms with Crippen LogP contribution in [0.2, 0.25) is 5.02 Å². The van der Waals surface area contributed by atoms with Gasteiger partial charge < -0.3 is 0 Å². The molecule has 0 saturated carbocycles. The third-order valence-electron chi connectivity index (χ3n) is 2.50. The van der Waals surface area contributed by atoms with E-state index in [-0.39, 0.29) is 0 Å². The SMILES string of the molecule is Clc1cncc(-c2csc3ccccc23)c1. The van der Waals surface area contributed by atoms with Crippen LogP contribution < -0.4 is 0 Å². The van der Waals surface area contributed by atoms with Gasteiger partial charge in [-0.15, -0.1) is 11.3 Å². The highest BCUT2D eigenvalue weighted by atomic mass is 35.5. The van der Waals surface area contributed by atoms with Gasteiger partial charge in [-0.05, 0) is 17.5 Å². The second-order valence-corrected chi connectivity index (χ2v) is 4.89. The highest BCUT2D eigenvalue weighted by molar-refractivity contribution is 7.17. The first-order valence-electron chi connectivity index (χ1n) is 4.92. The van der Waals surface area contributed by atoms with Crippen molar-refractivity contribution in [3.8, 4) is 11.1 Å². The van der Waals surface area contributed by atoms with Crippen molar-refractivity contribution in [3.63, 3.8) is 0 Å². The summed E-state index contributed by atoms with van der Waals surface area (Å²) in [5.41, 5.74) is 2.28. The van der Waals surface area contributed by atoms with Gasteiger partial charge in [-0.25, -0.2) is 0 Å². The maximum absolute atomic E-state index is 5.95. The molecule has 0 unspecified atom stereocenters. The zero-order valence-electron chi connectivity index (χ0n) is 8.35. The molecule has 1 aromatic carbocycles. The maximum Gasteiger partial charge on any atom is 0.0595 e. The fraction of sp³-hybridized carbons (Fsp3) is 0. The largest absolute Gasteiger partial charge is 0.263 e. The zero-order chi connectivity index (χ0) is 11.0. The van der Waals surface area contributed by atoms with Gasteiger partial charge in [0.25, 0.3) is 0 Å². The summed E-state index contributed by atoms with van der Waals surface area (Å²) in [6.07, 6.45) is 3.50. The molecule has 0 saturated heterocycles. The van der Waals surface area contributed by atoms with Crippen LogP contribution in [0.15, 0.2) is 48.1 Å². The predicted molar refractivity (Wildman–Crippen MR) is 70.1 cm³/mol. The number of aromatic nitrogens is 1. The van der Waals surface area contributed by atoms with E-state index in [0.29, 0.717) is 5.02 Å². The summed E-state index contributed by atoms with van der Waals surface area (Å²) >= 11 is 7.70. The van der Waals surface area contributed by atoms with Crippen LogP contribution >= 0.6 is 22.9 Å². The van der Waals surface area contributed by atoms with E-state index in [1.165, 1.54) is 15.6 Å². The smallest absolute Gasteiger partial charge is 0.0595 e. The first-order valence-corrected chi connectivity index (χ1v) is 6.17. The molecular weight excluding hydrogens is 238 g/mol. The molecule has 0 atom stereocenters. The molecule has 0 bridgehead atoms. The Kier molecular flexibility index (Phi) is 2.39. The van der Waals surface area contributed by atoms with Crippen molar-refractivity contribution >= 4 is 33.0 Å². The molecule has 0 spiro atoms. The Bertz CT molecular complexity index is 645. The van der Waals surface area contributed by atoms with E-state index in [0.717, 1.165) is 5.56 Å². The number of hydrogen-bond acceptors (Lipinski definition) is 2. The Labute approximate surface area is 102 Å². The van der Waals surface area contributed by atoms with E-state index in [1.807, 2.05) is 12.3 Å². The second kappa shape index (κ2) is 3.89. The minimum Gasteiger partial charge on any atom is -0.263 e. The summed E-state index contributed by atoms with van der Waals surface area (Å²) in [6.45, 7) is 0. The normalized spacial score (nSPS) is 10.8. The number of nitrogens with zero attached hydrogens (tertiary/aromatic N) is 1. The van der Waals surface area contributed by atoms with Crippen molar-refractivity contribution in [2.45, 2.75) is 0 Å². The topological polar surface area (TPSA) is 12.9 Å². The monoisotopic (exact) mass is 245 g/mol. The molecule has 0 N–H and O–H groups in total. The van der Waals surface area contributed by atoms with E-state index in [9.17, 15) is 0 Å². The lowest BCUT2D eigenvalue weighted by atomic mass is 10.1. The lowest BCUT2D eigenvalue weighted by Crippen LogP contribution is -1.78. The number of halogens is 1. The van der Waals surface area contributed by atoms with E-state index in [1.54, 1.807) is 17.5 Å². The first kappa shape index (κ1) is 9.82. The third-order valence-corrected chi connectivity index (χ3v) is 3.67. The number of benzene rings is 1. The van der Waals surface area contributed by atoms with Crippen LogP contribution in [0.5, 0.6) is 0 Å². The first-order chi connectivity index (χ1) is 7.84. The molecule has 0 aliphatic rings. The minimum absolute atomic E-state index is 0.674. The van der Waals surface area contributed by atoms with Crippen molar-refractivity contribution in [3.05, 3.63) is 53.1 Å². The van der Waals surface area contributed by atoms with Crippen LogP contribution in [0.3, 0.4) is 0 Å². The number of thiophene rings is 1. The maximum atomic E-state index is 5.95. The molecule has 2 heterocycles. The van der Waals surface area contributed by atoms with Gasteiger partial charge in [0.05, 0.1) is 5.02 Å². The molecule has 3 heteroatoms. The van der Waals surface area contributed by atoms with Gasteiger partial charge in [0.2, 0.25) is 0 Å². The molecule has 16 heavy (non-hydrogen) atoms. The summed E-state index contributed by atoms with van der Waals surface area (Å²) in [6, 6.07) is 10.3. The van der Waals surface area contributed by atoms with Gasteiger partial charge >= 0.3 is 0 Å². The lowest BCUT2D eigenvalue weighted by Gasteiger charge is -1.99. The molecule has 0 fully saturated rings. The van der Waals surface area contributed by atoms with Crippen molar-refractivity contribution in [2.24, 2.45) is 0 Å². The summed E-state index contributed by atoms with van der Waals surface area (Å²) in [4.78, 5) is 4.12. The Morgan fingerprint density at radius 1 is 1.12 bits per heavy atom. The number of hydrogen-bond donors (Lipinski definition) is 0. The summed E-state index contributed by atoms with van der Waals surface area (Å²) in [5.74, 6) is 0. The van der Waals surface area contributed by atoms with Crippen molar-refractivity contribution in [1.29, 1.82) is 0 Å². The molecule has 0 amide bonds. The van der Waals surface area contributed by atoms with Crippen molar-refractivity contribution in [1.82, 2.24) is 4.98 Å². The van der Waals surface area contributed by atoms with Crippen LogP contribution in [-0.4, -0.2) is 4.98 Å². The van der Waals surface area contributed by atoms with Gasteiger partial charge in [-0.3, -0.25) is 4.98 Å². The van der Waals surface area contributed by atoms with Gasteiger partial charge in [0.15, 0.2) is 0 Å². The van der Waals surface area contributed by atoms with Crippen molar-refractivity contribution < 1.29 is 0 Å². The lowest BCUT2D eigenvalue weighted by molar-refractivity contribution is 1.33. The van der Waals surface area contributed by atoms with Crippen LogP contribution in [0.4, 0.5) is 0 Å². The molecule has 0 aliphatic carbocycles. The highest BCUT2D eigenvalue weighted by Crippen LogP contribution is 2.34. The van der Waals surface area contributed by atoms with Crippen LogP contribution in [-0.2, 0) is 0 Å². The molecule has 1 nitrogen and oxygen atoms in total. The Balaban J connectivity index is 2.26. The van der Waals surface area contributed by atoms with E-state index >= 15 is 0 Å². The molecule has 3 aromatic rings. The summed E-state index contributed by atoms with van der Waals surface area (Å²) in [5, 5.41) is 4.09. The molecular formula is C13H8ClNS. The summed E-state index contributed by atoms with van der Waals surface area (Å²) < 4.78 is 1.29. The number of fused-ring (bicyclic) bond motifs is 1. The number of pyridine rings is 1. The quantitative estimate of drug-likeness (QED) is 0.610. The van der Waals surface area contributed by atoms with Gasteiger partial charge in [-0.1, -0.05) is 29.8 Å². The average molecular weight is 246 g/mol. The molecule has 3 rings (SSSR count). The molecule has 0 aliphatic heterocycles. The van der Waals surface area contributed by atoms with Gasteiger partial charge in [0, 0.05) is 33.6 Å². The van der Waals surface area contributed by atoms with Gasteiger partial charge in [0.1, 0.15) is 0 Å². The van der Waals surface area contributed by atoms with E-state index in [2.05, 4.69) is 34.6 Å². The Morgan fingerprint density at radius 2 is 2.00 bits per heavy atom. The average Bonchev–Trinajstić information content (AvgIpc) is 2.72. The number of rotatable bonds is 1. The van der Waals surface area contributed by atoms with Crippen LogP contribution in [0.1, 0.15) is 0 Å². The second-order valence-electron chi connectivity index (χ2n) is 3.54. The molecule has 78 valence electrons.